The average molecular weight is 318 g/mol. The third-order valence-electron chi connectivity index (χ3n) is 3.22. The molecule has 2 aromatic carbocycles. The Bertz CT molecular complexity index is 819. The van der Waals surface area contributed by atoms with E-state index < -0.39 is 16.1 Å². The fourth-order valence-corrected chi connectivity index (χ4v) is 3.14. The molecular formula is C15H14N2O4S. The van der Waals surface area contributed by atoms with Crippen molar-refractivity contribution < 1.29 is 17.9 Å². The van der Waals surface area contributed by atoms with Crippen molar-refractivity contribution in [3.63, 3.8) is 0 Å². The van der Waals surface area contributed by atoms with Gasteiger partial charge in [0.05, 0.1) is 10.6 Å². The number of carbonyl (C=O) groups excluding carboxylic acids is 1. The smallest absolute Gasteiger partial charge is 0.265 e. The van der Waals surface area contributed by atoms with Gasteiger partial charge < -0.3 is 10.1 Å². The van der Waals surface area contributed by atoms with Crippen LogP contribution in [0.5, 0.6) is 5.75 Å². The molecule has 22 heavy (non-hydrogen) atoms. The van der Waals surface area contributed by atoms with E-state index in [0.717, 1.165) is 0 Å². The molecule has 6 nitrogen and oxygen atoms in total. The molecule has 0 spiro atoms. The molecule has 0 fully saturated rings. The molecule has 0 aromatic heterocycles. The third-order valence-corrected chi connectivity index (χ3v) is 4.60. The van der Waals surface area contributed by atoms with Gasteiger partial charge in [0, 0.05) is 11.8 Å². The van der Waals surface area contributed by atoms with Crippen molar-refractivity contribution in [2.24, 2.45) is 0 Å². The van der Waals surface area contributed by atoms with Gasteiger partial charge in [-0.25, -0.2) is 8.42 Å². The summed E-state index contributed by atoms with van der Waals surface area (Å²) in [5, 5.41) is 2.66. The largest absolute Gasteiger partial charge is 0.479 e. The molecule has 3 rings (SSSR count). The third kappa shape index (κ3) is 2.75. The van der Waals surface area contributed by atoms with Gasteiger partial charge in [0.2, 0.25) is 0 Å². The van der Waals surface area contributed by atoms with Crippen LogP contribution in [0.2, 0.25) is 0 Å². The Balaban J connectivity index is 1.92. The topological polar surface area (TPSA) is 84.5 Å². The summed E-state index contributed by atoms with van der Waals surface area (Å²) in [6.45, 7) is 1.60. The van der Waals surface area contributed by atoms with Gasteiger partial charge in [0.25, 0.3) is 15.9 Å². The van der Waals surface area contributed by atoms with Gasteiger partial charge in [-0.05, 0) is 31.2 Å². The van der Waals surface area contributed by atoms with Crippen molar-refractivity contribution in [1.82, 2.24) is 0 Å². The molecule has 1 aliphatic rings. The summed E-state index contributed by atoms with van der Waals surface area (Å²) in [7, 11) is -3.72. The van der Waals surface area contributed by atoms with Gasteiger partial charge in [-0.1, -0.05) is 18.2 Å². The number of carbonyl (C=O) groups is 1. The van der Waals surface area contributed by atoms with E-state index in [9.17, 15) is 13.2 Å². The quantitative estimate of drug-likeness (QED) is 0.908. The summed E-state index contributed by atoms with van der Waals surface area (Å²) in [6, 6.07) is 12.9. The number of anilines is 2. The summed E-state index contributed by atoms with van der Waals surface area (Å²) < 4.78 is 32.7. The maximum Gasteiger partial charge on any atom is 0.265 e. The number of sulfonamides is 1. The molecule has 0 bridgehead atoms. The minimum absolute atomic E-state index is 0.0680. The van der Waals surface area contributed by atoms with Gasteiger partial charge in [-0.2, -0.15) is 0 Å². The standard InChI is InChI=1S/C15H14N2O4S/c1-10-15(18)16-13-8-7-12(9-14(13)21-10)22(19,20)17-11-5-3-2-4-6-11/h2-10,17H,1H3,(H,16,18)/t10-/m0/s1. The molecule has 0 radical (unpaired) electrons. The fourth-order valence-electron chi connectivity index (χ4n) is 2.07. The van der Waals surface area contributed by atoms with Crippen LogP contribution in [0.25, 0.3) is 0 Å². The number of ether oxygens (including phenoxy) is 1. The first kappa shape index (κ1) is 14.4. The van der Waals surface area contributed by atoms with E-state index >= 15 is 0 Å². The van der Waals surface area contributed by atoms with Crippen molar-refractivity contribution >= 4 is 27.3 Å². The van der Waals surface area contributed by atoms with Crippen molar-refractivity contribution in [3.05, 3.63) is 48.5 Å². The molecule has 0 unspecified atom stereocenters. The first-order valence-corrected chi connectivity index (χ1v) is 8.13. The first-order valence-electron chi connectivity index (χ1n) is 6.65. The number of hydrogen-bond acceptors (Lipinski definition) is 4. The molecule has 1 aliphatic heterocycles. The minimum Gasteiger partial charge on any atom is -0.479 e. The molecular weight excluding hydrogens is 304 g/mol. The highest BCUT2D eigenvalue weighted by Crippen LogP contribution is 2.32. The number of amides is 1. The van der Waals surface area contributed by atoms with Gasteiger partial charge >= 0.3 is 0 Å². The Labute approximate surface area is 128 Å². The van der Waals surface area contributed by atoms with Crippen molar-refractivity contribution in [2.75, 3.05) is 10.0 Å². The van der Waals surface area contributed by atoms with Crippen LogP contribution >= 0.6 is 0 Å². The maximum absolute atomic E-state index is 12.4. The maximum atomic E-state index is 12.4. The van der Waals surface area contributed by atoms with Gasteiger partial charge in [-0.15, -0.1) is 0 Å². The number of para-hydroxylation sites is 1. The summed E-state index contributed by atoms with van der Waals surface area (Å²) in [4.78, 5) is 11.6. The lowest BCUT2D eigenvalue weighted by molar-refractivity contribution is -0.122. The molecule has 2 aromatic rings. The molecule has 0 aliphatic carbocycles. The van der Waals surface area contributed by atoms with Crippen LogP contribution in [0.4, 0.5) is 11.4 Å². The predicted octanol–water partition coefficient (Wildman–Crippen LogP) is 2.21. The average Bonchev–Trinajstić information content (AvgIpc) is 2.48. The van der Waals surface area contributed by atoms with E-state index in [2.05, 4.69) is 10.0 Å². The van der Waals surface area contributed by atoms with Crippen LogP contribution in [-0.2, 0) is 14.8 Å². The molecule has 0 saturated heterocycles. The zero-order valence-corrected chi connectivity index (χ0v) is 12.6. The normalized spacial score (nSPS) is 17.1. The second kappa shape index (κ2) is 5.34. The van der Waals surface area contributed by atoms with Crippen LogP contribution in [0, 0.1) is 0 Å². The summed E-state index contributed by atoms with van der Waals surface area (Å²) in [6.07, 6.45) is -0.660. The molecule has 114 valence electrons. The predicted molar refractivity (Wildman–Crippen MR) is 82.4 cm³/mol. The number of fused-ring (bicyclic) bond motifs is 1. The van der Waals surface area contributed by atoms with Crippen molar-refractivity contribution in [1.29, 1.82) is 0 Å². The van der Waals surface area contributed by atoms with Crippen LogP contribution in [0.3, 0.4) is 0 Å². The summed E-state index contributed by atoms with van der Waals surface area (Å²) in [5.74, 6) is 0.0774. The molecule has 7 heteroatoms. The number of rotatable bonds is 3. The second-order valence-electron chi connectivity index (χ2n) is 4.88. The minimum atomic E-state index is -3.72. The van der Waals surface area contributed by atoms with Crippen LogP contribution in [-0.4, -0.2) is 20.4 Å². The Hall–Kier alpha value is -2.54. The van der Waals surface area contributed by atoms with E-state index in [1.54, 1.807) is 37.3 Å². The monoisotopic (exact) mass is 318 g/mol. The Morgan fingerprint density at radius 2 is 1.86 bits per heavy atom. The fraction of sp³-hybridized carbons (Fsp3) is 0.133. The van der Waals surface area contributed by atoms with E-state index in [0.29, 0.717) is 17.1 Å². The highest BCUT2D eigenvalue weighted by atomic mass is 32.2. The summed E-state index contributed by atoms with van der Waals surface area (Å²) >= 11 is 0. The lowest BCUT2D eigenvalue weighted by Gasteiger charge is -2.23. The number of hydrogen-bond donors (Lipinski definition) is 2. The SMILES string of the molecule is C[C@@H]1Oc2cc(S(=O)(=O)Nc3ccccc3)ccc2NC1=O. The lowest BCUT2D eigenvalue weighted by Crippen LogP contribution is -2.34. The van der Waals surface area contributed by atoms with E-state index in [-0.39, 0.29) is 10.8 Å². The van der Waals surface area contributed by atoms with Gasteiger partial charge in [0.1, 0.15) is 5.75 Å². The van der Waals surface area contributed by atoms with E-state index in [4.69, 9.17) is 4.74 Å². The van der Waals surface area contributed by atoms with Crippen molar-refractivity contribution in [2.45, 2.75) is 17.9 Å². The van der Waals surface area contributed by atoms with Crippen molar-refractivity contribution in [3.8, 4) is 5.75 Å². The highest BCUT2D eigenvalue weighted by molar-refractivity contribution is 7.92. The van der Waals surface area contributed by atoms with Crippen LogP contribution < -0.4 is 14.8 Å². The van der Waals surface area contributed by atoms with Crippen LogP contribution in [0.15, 0.2) is 53.4 Å². The molecule has 1 amide bonds. The zero-order valence-electron chi connectivity index (χ0n) is 11.7. The Morgan fingerprint density at radius 1 is 1.14 bits per heavy atom. The molecule has 1 heterocycles. The number of benzene rings is 2. The number of nitrogens with one attached hydrogen (secondary N) is 2. The van der Waals surface area contributed by atoms with Crippen LogP contribution in [0.1, 0.15) is 6.92 Å². The Kier molecular flexibility index (Phi) is 3.50. The van der Waals surface area contributed by atoms with Gasteiger partial charge in [-0.3, -0.25) is 9.52 Å². The molecule has 1 atom stereocenters. The molecule has 0 saturated carbocycles. The molecule has 2 N–H and O–H groups in total. The van der Waals surface area contributed by atoms with E-state index in [1.165, 1.54) is 18.2 Å². The first-order chi connectivity index (χ1) is 10.5. The summed E-state index contributed by atoms with van der Waals surface area (Å²) in [5.41, 5.74) is 0.935. The highest BCUT2D eigenvalue weighted by Gasteiger charge is 2.25. The second-order valence-corrected chi connectivity index (χ2v) is 6.56. The zero-order chi connectivity index (χ0) is 15.7. The Morgan fingerprint density at radius 3 is 2.59 bits per heavy atom. The lowest BCUT2D eigenvalue weighted by atomic mass is 10.2. The van der Waals surface area contributed by atoms with E-state index in [1.807, 2.05) is 0 Å². The van der Waals surface area contributed by atoms with Gasteiger partial charge in [0.15, 0.2) is 6.10 Å².